The summed E-state index contributed by atoms with van der Waals surface area (Å²) in [5.74, 6) is -0.00248. The fraction of sp³-hybridized carbons (Fsp3) is 0.333. The number of amides is 1. The highest BCUT2D eigenvalue weighted by Gasteiger charge is 2.13. The number of aromatic nitrogens is 1. The molecule has 1 heterocycles. The van der Waals surface area contributed by atoms with Crippen molar-refractivity contribution in [3.8, 4) is 11.3 Å². The number of hydrogen-bond donors (Lipinski definition) is 2. The standard InChI is InChI=1S/C15H19N3O2/c1-2-8-16-9-10-17-15(19)14-11-13(18-20-14)12-6-4-3-5-7-12/h3-7,11,16H,2,8-10H2,1H3,(H,17,19). The van der Waals surface area contributed by atoms with E-state index in [-0.39, 0.29) is 11.7 Å². The Hall–Kier alpha value is -2.14. The first-order chi connectivity index (χ1) is 9.81. The van der Waals surface area contributed by atoms with Crippen molar-refractivity contribution in [2.75, 3.05) is 19.6 Å². The molecule has 2 aromatic rings. The predicted molar refractivity (Wildman–Crippen MR) is 77.4 cm³/mol. The summed E-state index contributed by atoms with van der Waals surface area (Å²) in [4.78, 5) is 11.8. The van der Waals surface area contributed by atoms with Gasteiger partial charge < -0.3 is 15.2 Å². The number of rotatable bonds is 7. The van der Waals surface area contributed by atoms with Crippen molar-refractivity contribution in [2.24, 2.45) is 0 Å². The maximum atomic E-state index is 11.8. The summed E-state index contributed by atoms with van der Waals surface area (Å²) < 4.78 is 5.08. The number of hydrogen-bond acceptors (Lipinski definition) is 4. The van der Waals surface area contributed by atoms with Crippen LogP contribution in [0.15, 0.2) is 40.9 Å². The number of carbonyl (C=O) groups excluding carboxylic acids is 1. The van der Waals surface area contributed by atoms with Gasteiger partial charge in [-0.15, -0.1) is 0 Å². The minimum absolute atomic E-state index is 0.236. The Labute approximate surface area is 118 Å². The van der Waals surface area contributed by atoms with Crippen LogP contribution in [0.4, 0.5) is 0 Å². The van der Waals surface area contributed by atoms with E-state index in [4.69, 9.17) is 4.52 Å². The van der Waals surface area contributed by atoms with Gasteiger partial charge in [-0.05, 0) is 13.0 Å². The molecule has 20 heavy (non-hydrogen) atoms. The van der Waals surface area contributed by atoms with Crippen LogP contribution >= 0.6 is 0 Å². The van der Waals surface area contributed by atoms with Gasteiger partial charge in [0.15, 0.2) is 0 Å². The number of carbonyl (C=O) groups is 1. The third-order valence-electron chi connectivity index (χ3n) is 2.82. The van der Waals surface area contributed by atoms with Gasteiger partial charge in [0.1, 0.15) is 5.69 Å². The first-order valence-electron chi connectivity index (χ1n) is 6.82. The van der Waals surface area contributed by atoms with Crippen molar-refractivity contribution in [1.29, 1.82) is 0 Å². The zero-order valence-corrected chi connectivity index (χ0v) is 11.6. The highest BCUT2D eigenvalue weighted by Crippen LogP contribution is 2.18. The Morgan fingerprint density at radius 3 is 2.75 bits per heavy atom. The summed E-state index contributed by atoms with van der Waals surface area (Å²) in [6.45, 7) is 4.38. The van der Waals surface area contributed by atoms with Crippen LogP contribution in [0.1, 0.15) is 23.9 Å². The minimum Gasteiger partial charge on any atom is -0.350 e. The van der Waals surface area contributed by atoms with Gasteiger partial charge in [0.2, 0.25) is 5.76 Å². The Morgan fingerprint density at radius 1 is 1.20 bits per heavy atom. The van der Waals surface area contributed by atoms with Gasteiger partial charge in [0.25, 0.3) is 5.91 Å². The van der Waals surface area contributed by atoms with Crippen LogP contribution in [0.25, 0.3) is 11.3 Å². The van der Waals surface area contributed by atoms with Crippen molar-refractivity contribution in [3.63, 3.8) is 0 Å². The van der Waals surface area contributed by atoms with Gasteiger partial charge >= 0.3 is 0 Å². The van der Waals surface area contributed by atoms with Gasteiger partial charge in [0, 0.05) is 24.7 Å². The molecule has 2 rings (SSSR count). The SMILES string of the molecule is CCCNCCNC(=O)c1cc(-c2ccccc2)no1. The van der Waals surface area contributed by atoms with E-state index in [2.05, 4.69) is 22.7 Å². The second-order valence-corrected chi connectivity index (χ2v) is 4.45. The average molecular weight is 273 g/mol. The first kappa shape index (κ1) is 14.3. The molecule has 0 atom stereocenters. The molecule has 0 saturated carbocycles. The van der Waals surface area contributed by atoms with Crippen molar-refractivity contribution in [3.05, 3.63) is 42.2 Å². The fourth-order valence-electron chi connectivity index (χ4n) is 1.78. The van der Waals surface area contributed by atoms with E-state index in [9.17, 15) is 4.79 Å². The van der Waals surface area contributed by atoms with E-state index >= 15 is 0 Å². The third-order valence-corrected chi connectivity index (χ3v) is 2.82. The molecule has 0 saturated heterocycles. The van der Waals surface area contributed by atoms with Crippen molar-refractivity contribution >= 4 is 5.91 Å². The van der Waals surface area contributed by atoms with Crippen LogP contribution in [0, 0.1) is 0 Å². The molecular formula is C15H19N3O2. The molecule has 1 aromatic carbocycles. The first-order valence-corrected chi connectivity index (χ1v) is 6.82. The maximum Gasteiger partial charge on any atom is 0.289 e. The van der Waals surface area contributed by atoms with E-state index in [0.29, 0.717) is 12.2 Å². The summed E-state index contributed by atoms with van der Waals surface area (Å²) >= 11 is 0. The van der Waals surface area contributed by atoms with Gasteiger partial charge in [-0.2, -0.15) is 0 Å². The monoisotopic (exact) mass is 273 g/mol. The molecule has 0 unspecified atom stereocenters. The molecule has 5 nitrogen and oxygen atoms in total. The molecule has 0 aliphatic carbocycles. The summed E-state index contributed by atoms with van der Waals surface area (Å²) in [7, 11) is 0. The number of nitrogens with zero attached hydrogens (tertiary/aromatic N) is 1. The van der Waals surface area contributed by atoms with Crippen LogP contribution in [-0.4, -0.2) is 30.7 Å². The zero-order valence-electron chi connectivity index (χ0n) is 11.6. The fourth-order valence-corrected chi connectivity index (χ4v) is 1.78. The van der Waals surface area contributed by atoms with E-state index in [1.165, 1.54) is 0 Å². The lowest BCUT2D eigenvalue weighted by atomic mass is 10.1. The maximum absolute atomic E-state index is 11.8. The highest BCUT2D eigenvalue weighted by molar-refractivity contribution is 5.92. The molecule has 5 heteroatoms. The van der Waals surface area contributed by atoms with Crippen LogP contribution in [0.3, 0.4) is 0 Å². The Balaban J connectivity index is 1.87. The zero-order chi connectivity index (χ0) is 14.2. The largest absolute Gasteiger partial charge is 0.350 e. The van der Waals surface area contributed by atoms with Crippen molar-refractivity contribution < 1.29 is 9.32 Å². The summed E-state index contributed by atoms with van der Waals surface area (Å²) in [6.07, 6.45) is 1.08. The summed E-state index contributed by atoms with van der Waals surface area (Å²) in [5.41, 5.74) is 1.60. The number of nitrogens with one attached hydrogen (secondary N) is 2. The molecule has 1 aromatic heterocycles. The highest BCUT2D eigenvalue weighted by atomic mass is 16.5. The van der Waals surface area contributed by atoms with E-state index in [1.807, 2.05) is 30.3 Å². The van der Waals surface area contributed by atoms with Crippen molar-refractivity contribution in [2.45, 2.75) is 13.3 Å². The van der Waals surface area contributed by atoms with Gasteiger partial charge in [0.05, 0.1) is 0 Å². The van der Waals surface area contributed by atoms with Crippen molar-refractivity contribution in [1.82, 2.24) is 15.8 Å². The minimum atomic E-state index is -0.238. The molecule has 0 spiro atoms. The smallest absolute Gasteiger partial charge is 0.289 e. The molecule has 0 radical (unpaired) electrons. The lowest BCUT2D eigenvalue weighted by molar-refractivity contribution is 0.0917. The molecule has 0 aliphatic rings. The summed E-state index contributed by atoms with van der Waals surface area (Å²) in [6, 6.07) is 11.3. The molecular weight excluding hydrogens is 254 g/mol. The molecule has 0 aliphatic heterocycles. The lowest BCUT2D eigenvalue weighted by Gasteiger charge is -2.03. The van der Waals surface area contributed by atoms with Crippen LogP contribution < -0.4 is 10.6 Å². The van der Waals surface area contributed by atoms with Gasteiger partial charge in [-0.3, -0.25) is 4.79 Å². The average Bonchev–Trinajstić information content (AvgIpc) is 2.98. The Morgan fingerprint density at radius 2 is 2.00 bits per heavy atom. The summed E-state index contributed by atoms with van der Waals surface area (Å²) in [5, 5.41) is 9.91. The van der Waals surface area contributed by atoms with Gasteiger partial charge in [-0.25, -0.2) is 0 Å². The molecule has 0 bridgehead atoms. The van der Waals surface area contributed by atoms with Crippen LogP contribution in [0.2, 0.25) is 0 Å². The van der Waals surface area contributed by atoms with E-state index < -0.39 is 0 Å². The lowest BCUT2D eigenvalue weighted by Crippen LogP contribution is -2.31. The molecule has 106 valence electrons. The second kappa shape index (κ2) is 7.45. The predicted octanol–water partition coefficient (Wildman–Crippen LogP) is 2.07. The molecule has 1 amide bonds. The Bertz CT molecular complexity index is 537. The molecule has 2 N–H and O–H groups in total. The number of benzene rings is 1. The third kappa shape index (κ3) is 3.93. The topological polar surface area (TPSA) is 67.2 Å². The van der Waals surface area contributed by atoms with E-state index in [1.54, 1.807) is 6.07 Å². The van der Waals surface area contributed by atoms with E-state index in [0.717, 1.165) is 25.1 Å². The normalized spacial score (nSPS) is 10.4. The van der Waals surface area contributed by atoms with Gasteiger partial charge in [-0.1, -0.05) is 42.4 Å². The van der Waals surface area contributed by atoms with Crippen LogP contribution in [0.5, 0.6) is 0 Å². The Kier molecular flexibility index (Phi) is 5.32. The molecule has 0 fully saturated rings. The van der Waals surface area contributed by atoms with Crippen LogP contribution in [-0.2, 0) is 0 Å². The second-order valence-electron chi connectivity index (χ2n) is 4.45. The quantitative estimate of drug-likeness (QED) is 0.758.